The summed E-state index contributed by atoms with van der Waals surface area (Å²) in [5.41, 5.74) is 1.01. The minimum atomic E-state index is -0.196. The van der Waals surface area contributed by atoms with Gasteiger partial charge in [0.1, 0.15) is 5.82 Å². The van der Waals surface area contributed by atoms with Crippen molar-refractivity contribution in [1.82, 2.24) is 0 Å². The lowest BCUT2D eigenvalue weighted by Gasteiger charge is -1.91. The molecule has 0 unspecified atom stereocenters. The van der Waals surface area contributed by atoms with E-state index in [9.17, 15) is 4.39 Å². The first kappa shape index (κ1) is 9.16. The van der Waals surface area contributed by atoms with Crippen LogP contribution in [0.2, 0.25) is 0 Å². The first-order chi connectivity index (χ1) is 6.84. The van der Waals surface area contributed by atoms with Crippen LogP contribution < -0.4 is 0 Å². The normalized spacial score (nSPS) is 10.9. The Morgan fingerprint density at radius 1 is 1.00 bits per heavy atom. The molecular formula is C12H9FS. The molecule has 70 valence electrons. The summed E-state index contributed by atoms with van der Waals surface area (Å²) in [6.45, 7) is 0. The molecule has 0 bridgehead atoms. The third-order valence-electron chi connectivity index (χ3n) is 1.85. The largest absolute Gasteiger partial charge is 0.207 e. The van der Waals surface area contributed by atoms with Gasteiger partial charge < -0.3 is 0 Å². The third-order valence-corrected chi connectivity index (χ3v) is 2.69. The molecule has 0 nitrogen and oxygen atoms in total. The number of hydrogen-bond donors (Lipinski definition) is 0. The molecule has 2 rings (SSSR count). The zero-order valence-corrected chi connectivity index (χ0v) is 8.30. The number of hydrogen-bond acceptors (Lipinski definition) is 1. The molecule has 0 saturated heterocycles. The van der Waals surface area contributed by atoms with Gasteiger partial charge in [-0.1, -0.05) is 24.3 Å². The van der Waals surface area contributed by atoms with Gasteiger partial charge in [0.15, 0.2) is 0 Å². The van der Waals surface area contributed by atoms with E-state index in [1.165, 1.54) is 17.0 Å². The van der Waals surface area contributed by atoms with Crippen LogP contribution in [0, 0.1) is 5.82 Å². The van der Waals surface area contributed by atoms with Crippen LogP contribution >= 0.6 is 11.3 Å². The average Bonchev–Trinajstić information content (AvgIpc) is 2.70. The summed E-state index contributed by atoms with van der Waals surface area (Å²) in [6, 6.07) is 10.5. The highest BCUT2D eigenvalue weighted by Crippen LogP contribution is 2.13. The van der Waals surface area contributed by atoms with Crippen LogP contribution in [0.5, 0.6) is 0 Å². The van der Waals surface area contributed by atoms with Crippen molar-refractivity contribution < 1.29 is 4.39 Å². The highest BCUT2D eigenvalue weighted by atomic mass is 32.1. The summed E-state index contributed by atoms with van der Waals surface area (Å²) in [6.07, 6.45) is 4.00. The van der Waals surface area contributed by atoms with E-state index >= 15 is 0 Å². The zero-order chi connectivity index (χ0) is 9.80. The maximum atomic E-state index is 12.6. The lowest BCUT2D eigenvalue weighted by Crippen LogP contribution is -1.73. The standard InChI is InChI=1S/C12H9FS/c13-11-6-3-10(4-7-11)5-8-12-2-1-9-14-12/h1-9H. The first-order valence-electron chi connectivity index (χ1n) is 4.32. The molecule has 0 amide bonds. The molecule has 0 aliphatic carbocycles. The predicted molar refractivity (Wildman–Crippen MR) is 59.6 cm³/mol. The lowest BCUT2D eigenvalue weighted by molar-refractivity contribution is 0.628. The first-order valence-corrected chi connectivity index (χ1v) is 5.20. The Balaban J connectivity index is 2.15. The van der Waals surface area contributed by atoms with Gasteiger partial charge in [0, 0.05) is 4.88 Å². The van der Waals surface area contributed by atoms with Crippen molar-refractivity contribution in [3.63, 3.8) is 0 Å². The quantitative estimate of drug-likeness (QED) is 0.692. The summed E-state index contributed by atoms with van der Waals surface area (Å²) < 4.78 is 12.6. The Kier molecular flexibility index (Phi) is 2.75. The van der Waals surface area contributed by atoms with Crippen molar-refractivity contribution in [1.29, 1.82) is 0 Å². The number of thiophene rings is 1. The molecular weight excluding hydrogens is 195 g/mol. The molecule has 0 spiro atoms. The van der Waals surface area contributed by atoms with Crippen molar-refractivity contribution in [3.05, 3.63) is 58.0 Å². The van der Waals surface area contributed by atoms with Crippen LogP contribution in [0.4, 0.5) is 4.39 Å². The maximum absolute atomic E-state index is 12.6. The van der Waals surface area contributed by atoms with Crippen LogP contribution in [0.1, 0.15) is 10.4 Å². The molecule has 1 heterocycles. The molecule has 0 saturated carbocycles. The van der Waals surface area contributed by atoms with E-state index in [-0.39, 0.29) is 5.82 Å². The highest BCUT2D eigenvalue weighted by Gasteiger charge is 1.89. The topological polar surface area (TPSA) is 0 Å². The fourth-order valence-electron chi connectivity index (χ4n) is 1.14. The van der Waals surface area contributed by atoms with Crippen LogP contribution in [-0.2, 0) is 0 Å². The van der Waals surface area contributed by atoms with Gasteiger partial charge in [0.2, 0.25) is 0 Å². The van der Waals surface area contributed by atoms with E-state index in [1.807, 2.05) is 29.7 Å². The minimum Gasteiger partial charge on any atom is -0.207 e. The van der Waals surface area contributed by atoms with E-state index in [1.54, 1.807) is 23.5 Å². The molecule has 0 aliphatic rings. The summed E-state index contributed by atoms with van der Waals surface area (Å²) in [7, 11) is 0. The summed E-state index contributed by atoms with van der Waals surface area (Å²) >= 11 is 1.68. The molecule has 0 N–H and O–H groups in total. The van der Waals surface area contributed by atoms with Crippen molar-refractivity contribution in [2.24, 2.45) is 0 Å². The van der Waals surface area contributed by atoms with Crippen molar-refractivity contribution in [2.45, 2.75) is 0 Å². The minimum absolute atomic E-state index is 0.196. The van der Waals surface area contributed by atoms with Crippen LogP contribution in [0.15, 0.2) is 41.8 Å². The molecule has 0 aliphatic heterocycles. The van der Waals surface area contributed by atoms with E-state index < -0.39 is 0 Å². The van der Waals surface area contributed by atoms with E-state index in [4.69, 9.17) is 0 Å². The number of rotatable bonds is 2. The van der Waals surface area contributed by atoms with Gasteiger partial charge >= 0.3 is 0 Å². The molecule has 0 fully saturated rings. The Bertz CT molecular complexity index is 412. The Labute approximate surface area is 86.3 Å². The average molecular weight is 204 g/mol. The molecule has 1 aromatic carbocycles. The molecule has 2 aromatic rings. The van der Waals surface area contributed by atoms with Gasteiger partial charge in [-0.3, -0.25) is 0 Å². The van der Waals surface area contributed by atoms with E-state index in [2.05, 4.69) is 0 Å². The molecule has 2 heteroatoms. The number of halogens is 1. The summed E-state index contributed by atoms with van der Waals surface area (Å²) in [5, 5.41) is 2.03. The van der Waals surface area contributed by atoms with Crippen LogP contribution in [0.3, 0.4) is 0 Å². The zero-order valence-electron chi connectivity index (χ0n) is 7.48. The van der Waals surface area contributed by atoms with Crippen molar-refractivity contribution in [2.75, 3.05) is 0 Å². The second-order valence-corrected chi connectivity index (χ2v) is 3.88. The van der Waals surface area contributed by atoms with Gasteiger partial charge in [-0.25, -0.2) is 4.39 Å². The monoisotopic (exact) mass is 204 g/mol. The second kappa shape index (κ2) is 4.20. The Morgan fingerprint density at radius 2 is 1.79 bits per heavy atom. The van der Waals surface area contributed by atoms with Crippen LogP contribution in [0.25, 0.3) is 12.2 Å². The maximum Gasteiger partial charge on any atom is 0.123 e. The summed E-state index contributed by atoms with van der Waals surface area (Å²) in [5.74, 6) is -0.196. The van der Waals surface area contributed by atoms with Gasteiger partial charge in [-0.05, 0) is 35.2 Å². The molecule has 1 aromatic heterocycles. The van der Waals surface area contributed by atoms with E-state index in [0.717, 1.165) is 5.56 Å². The van der Waals surface area contributed by atoms with Gasteiger partial charge in [0.25, 0.3) is 0 Å². The highest BCUT2D eigenvalue weighted by molar-refractivity contribution is 7.10. The Morgan fingerprint density at radius 3 is 2.43 bits per heavy atom. The van der Waals surface area contributed by atoms with Gasteiger partial charge in [0.05, 0.1) is 0 Å². The van der Waals surface area contributed by atoms with Crippen LogP contribution in [-0.4, -0.2) is 0 Å². The second-order valence-electron chi connectivity index (χ2n) is 2.90. The van der Waals surface area contributed by atoms with Gasteiger partial charge in [-0.2, -0.15) is 0 Å². The van der Waals surface area contributed by atoms with Crippen molar-refractivity contribution >= 4 is 23.5 Å². The molecule has 0 radical (unpaired) electrons. The molecule has 14 heavy (non-hydrogen) atoms. The number of benzene rings is 1. The SMILES string of the molecule is Fc1ccc(C=Cc2cccs2)cc1. The molecule has 0 atom stereocenters. The lowest BCUT2D eigenvalue weighted by atomic mass is 10.2. The van der Waals surface area contributed by atoms with E-state index in [0.29, 0.717) is 0 Å². The predicted octanol–water partition coefficient (Wildman–Crippen LogP) is 4.06. The fraction of sp³-hybridized carbons (Fsp3) is 0. The fourth-order valence-corrected chi connectivity index (χ4v) is 1.76. The summed E-state index contributed by atoms with van der Waals surface area (Å²) in [4.78, 5) is 1.20. The van der Waals surface area contributed by atoms with Crippen molar-refractivity contribution in [3.8, 4) is 0 Å². The third kappa shape index (κ3) is 2.30. The Hall–Kier alpha value is -1.41. The smallest absolute Gasteiger partial charge is 0.123 e. The van der Waals surface area contributed by atoms with Gasteiger partial charge in [-0.15, -0.1) is 11.3 Å².